The van der Waals surface area contributed by atoms with E-state index in [-0.39, 0.29) is 18.4 Å². The quantitative estimate of drug-likeness (QED) is 0.254. The van der Waals surface area contributed by atoms with E-state index in [2.05, 4.69) is 38.1 Å². The lowest BCUT2D eigenvalue weighted by molar-refractivity contribution is -0.139. The highest BCUT2D eigenvalue weighted by Crippen LogP contribution is 2.14. The standard InChI is InChI=1S/C23H23BrN2O4/c1-16(2)30-23(27)22(26-28-4)21-11-6-5-9-19(21)15-29-25-17(3)12-13-18-8-7-10-20(24)14-18/h5-11,14,16H,15H2,1-4H3/b25-17+,26-22+. The van der Waals surface area contributed by atoms with Crippen molar-refractivity contribution < 1.29 is 19.2 Å². The largest absolute Gasteiger partial charge is 0.458 e. The zero-order chi connectivity index (χ0) is 21.9. The summed E-state index contributed by atoms with van der Waals surface area (Å²) in [6.07, 6.45) is -0.279. The zero-order valence-electron chi connectivity index (χ0n) is 17.3. The van der Waals surface area contributed by atoms with Crippen LogP contribution in [0.5, 0.6) is 0 Å². The lowest BCUT2D eigenvalue weighted by Crippen LogP contribution is -2.23. The maximum Gasteiger partial charge on any atom is 0.361 e. The highest BCUT2D eigenvalue weighted by molar-refractivity contribution is 9.10. The van der Waals surface area contributed by atoms with Crippen molar-refractivity contribution in [3.05, 3.63) is 69.7 Å². The van der Waals surface area contributed by atoms with Gasteiger partial charge in [0.2, 0.25) is 0 Å². The van der Waals surface area contributed by atoms with Crippen LogP contribution in [0.1, 0.15) is 37.5 Å². The van der Waals surface area contributed by atoms with E-state index < -0.39 is 5.97 Å². The van der Waals surface area contributed by atoms with Crippen molar-refractivity contribution in [3.63, 3.8) is 0 Å². The van der Waals surface area contributed by atoms with Crippen molar-refractivity contribution in [2.45, 2.75) is 33.5 Å². The SMILES string of the molecule is CO/N=C(/C(=O)OC(C)C)c1ccccc1CO/N=C(\C)C#Cc1cccc(Br)c1. The molecule has 0 saturated carbocycles. The molecule has 0 spiro atoms. The molecule has 0 amide bonds. The number of rotatable bonds is 7. The summed E-state index contributed by atoms with van der Waals surface area (Å²) in [5.74, 6) is 5.40. The Morgan fingerprint density at radius 1 is 1.13 bits per heavy atom. The Kier molecular flexibility index (Phi) is 9.10. The highest BCUT2D eigenvalue weighted by atomic mass is 79.9. The van der Waals surface area contributed by atoms with Gasteiger partial charge in [0.1, 0.15) is 19.4 Å². The third-order valence-electron chi connectivity index (χ3n) is 3.63. The molecule has 6 nitrogen and oxygen atoms in total. The van der Waals surface area contributed by atoms with Gasteiger partial charge in [0.15, 0.2) is 5.71 Å². The van der Waals surface area contributed by atoms with Gasteiger partial charge in [-0.25, -0.2) is 4.79 Å². The first kappa shape index (κ1) is 23.2. The lowest BCUT2D eigenvalue weighted by Gasteiger charge is -2.12. The van der Waals surface area contributed by atoms with Crippen molar-refractivity contribution in [2.75, 3.05) is 7.11 Å². The number of oxime groups is 2. The summed E-state index contributed by atoms with van der Waals surface area (Å²) in [6.45, 7) is 5.42. The second-order valence-electron chi connectivity index (χ2n) is 6.44. The molecular weight excluding hydrogens is 448 g/mol. The van der Waals surface area contributed by atoms with Crippen LogP contribution < -0.4 is 0 Å². The third kappa shape index (κ3) is 7.37. The predicted octanol–water partition coefficient (Wildman–Crippen LogP) is 4.70. The predicted molar refractivity (Wildman–Crippen MR) is 120 cm³/mol. The van der Waals surface area contributed by atoms with E-state index in [1.165, 1.54) is 7.11 Å². The first-order chi connectivity index (χ1) is 14.4. The molecule has 0 aromatic heterocycles. The van der Waals surface area contributed by atoms with Crippen LogP contribution in [0.2, 0.25) is 0 Å². The summed E-state index contributed by atoms with van der Waals surface area (Å²) in [5, 5.41) is 7.89. The van der Waals surface area contributed by atoms with Gasteiger partial charge in [-0.3, -0.25) is 0 Å². The molecule has 0 bridgehead atoms. The summed E-state index contributed by atoms with van der Waals surface area (Å²) >= 11 is 3.42. The van der Waals surface area contributed by atoms with E-state index in [4.69, 9.17) is 14.4 Å². The van der Waals surface area contributed by atoms with Crippen LogP contribution in [-0.4, -0.2) is 30.6 Å². The van der Waals surface area contributed by atoms with Crippen LogP contribution in [0.4, 0.5) is 0 Å². The molecule has 30 heavy (non-hydrogen) atoms. The molecule has 0 aliphatic heterocycles. The van der Waals surface area contributed by atoms with Crippen LogP contribution in [-0.2, 0) is 25.8 Å². The fourth-order valence-corrected chi connectivity index (χ4v) is 2.78. The molecule has 0 N–H and O–H groups in total. The molecule has 2 aromatic rings. The van der Waals surface area contributed by atoms with Gasteiger partial charge in [0, 0.05) is 21.2 Å². The van der Waals surface area contributed by atoms with Gasteiger partial charge >= 0.3 is 5.97 Å². The Morgan fingerprint density at radius 3 is 2.60 bits per heavy atom. The summed E-state index contributed by atoms with van der Waals surface area (Å²) in [5.41, 5.74) is 2.73. The van der Waals surface area contributed by atoms with E-state index in [0.29, 0.717) is 16.8 Å². The molecule has 0 heterocycles. The summed E-state index contributed by atoms with van der Waals surface area (Å²) in [6, 6.07) is 14.9. The van der Waals surface area contributed by atoms with Crippen LogP contribution in [0.25, 0.3) is 0 Å². The molecule has 2 aromatic carbocycles. The highest BCUT2D eigenvalue weighted by Gasteiger charge is 2.21. The van der Waals surface area contributed by atoms with E-state index in [0.717, 1.165) is 10.0 Å². The Morgan fingerprint density at radius 2 is 1.90 bits per heavy atom. The Hall–Kier alpha value is -3.11. The van der Waals surface area contributed by atoms with Gasteiger partial charge in [-0.1, -0.05) is 62.5 Å². The molecule has 0 fully saturated rings. The summed E-state index contributed by atoms with van der Waals surface area (Å²) in [7, 11) is 1.37. The number of esters is 1. The minimum atomic E-state index is -0.570. The van der Waals surface area contributed by atoms with Gasteiger partial charge in [-0.05, 0) is 44.9 Å². The normalized spacial score (nSPS) is 11.5. The average Bonchev–Trinajstić information content (AvgIpc) is 2.70. The average molecular weight is 471 g/mol. The van der Waals surface area contributed by atoms with Gasteiger partial charge < -0.3 is 14.4 Å². The number of hydrogen-bond donors (Lipinski definition) is 0. The number of carbonyl (C=O) groups excluding carboxylic acids is 1. The first-order valence-electron chi connectivity index (χ1n) is 9.25. The third-order valence-corrected chi connectivity index (χ3v) is 4.12. The monoisotopic (exact) mass is 470 g/mol. The van der Waals surface area contributed by atoms with Gasteiger partial charge in [-0.15, -0.1) is 0 Å². The first-order valence-corrected chi connectivity index (χ1v) is 10.0. The van der Waals surface area contributed by atoms with Gasteiger partial charge in [0.25, 0.3) is 0 Å². The molecule has 156 valence electrons. The van der Waals surface area contributed by atoms with Gasteiger partial charge in [-0.2, -0.15) is 0 Å². The topological polar surface area (TPSA) is 69.5 Å². The molecular formula is C23H23BrN2O4. The van der Waals surface area contributed by atoms with Crippen molar-refractivity contribution in [3.8, 4) is 11.8 Å². The maximum atomic E-state index is 12.4. The minimum absolute atomic E-state index is 0.0700. The smallest absolute Gasteiger partial charge is 0.361 e. The van der Waals surface area contributed by atoms with E-state index in [9.17, 15) is 4.79 Å². The number of benzene rings is 2. The van der Waals surface area contributed by atoms with E-state index >= 15 is 0 Å². The fourth-order valence-electron chi connectivity index (χ4n) is 2.39. The molecule has 0 aliphatic rings. The molecule has 0 saturated heterocycles. The second kappa shape index (κ2) is 11.8. The molecule has 0 aliphatic carbocycles. The Bertz CT molecular complexity index is 1000. The molecule has 7 heteroatoms. The fraction of sp³-hybridized carbons (Fsp3) is 0.261. The van der Waals surface area contributed by atoms with E-state index in [1.54, 1.807) is 32.9 Å². The summed E-state index contributed by atoms with van der Waals surface area (Å²) < 4.78 is 6.22. The molecule has 0 unspecified atom stereocenters. The summed E-state index contributed by atoms with van der Waals surface area (Å²) in [4.78, 5) is 22.7. The van der Waals surface area contributed by atoms with Crippen LogP contribution in [0.15, 0.2) is 63.3 Å². The van der Waals surface area contributed by atoms with Crippen molar-refractivity contribution in [1.82, 2.24) is 0 Å². The zero-order valence-corrected chi connectivity index (χ0v) is 18.9. The lowest BCUT2D eigenvalue weighted by atomic mass is 10.0. The molecule has 0 radical (unpaired) electrons. The van der Waals surface area contributed by atoms with Crippen LogP contribution in [0.3, 0.4) is 0 Å². The van der Waals surface area contributed by atoms with Gasteiger partial charge in [0.05, 0.1) is 6.10 Å². The Labute approximate surface area is 185 Å². The van der Waals surface area contributed by atoms with Crippen molar-refractivity contribution >= 4 is 33.3 Å². The maximum absolute atomic E-state index is 12.4. The molecule has 0 atom stereocenters. The number of halogens is 1. The number of hydrogen-bond acceptors (Lipinski definition) is 6. The second-order valence-corrected chi connectivity index (χ2v) is 7.36. The van der Waals surface area contributed by atoms with Crippen molar-refractivity contribution in [2.24, 2.45) is 10.3 Å². The molecule has 2 rings (SSSR count). The minimum Gasteiger partial charge on any atom is -0.458 e. The van der Waals surface area contributed by atoms with Crippen LogP contribution in [0, 0.1) is 11.8 Å². The van der Waals surface area contributed by atoms with Crippen molar-refractivity contribution in [1.29, 1.82) is 0 Å². The van der Waals surface area contributed by atoms with E-state index in [1.807, 2.05) is 36.4 Å². The Balaban J connectivity index is 2.13. The van der Waals surface area contributed by atoms with Crippen LogP contribution >= 0.6 is 15.9 Å². The number of nitrogens with zero attached hydrogens (tertiary/aromatic N) is 2. The number of carbonyl (C=O) groups is 1. The number of ether oxygens (including phenoxy) is 1.